The van der Waals surface area contributed by atoms with Crippen LogP contribution in [0.5, 0.6) is 17.2 Å². The normalized spacial score (nSPS) is 25.4. The first-order valence-corrected chi connectivity index (χ1v) is 6.09. The molecule has 1 aliphatic rings. The Morgan fingerprint density at radius 2 is 1.74 bits per heavy atom. The van der Waals surface area contributed by atoms with Crippen LogP contribution in [0.1, 0.15) is 25.0 Å². The summed E-state index contributed by atoms with van der Waals surface area (Å²) >= 11 is 0. The van der Waals surface area contributed by atoms with Gasteiger partial charge in [-0.15, -0.1) is 0 Å². The fraction of sp³-hybridized carbons (Fsp3) is 0.571. The molecule has 0 saturated carbocycles. The van der Waals surface area contributed by atoms with Crippen molar-refractivity contribution in [2.75, 3.05) is 28.4 Å². The van der Waals surface area contributed by atoms with Gasteiger partial charge < -0.3 is 23.7 Å². The molecule has 0 fully saturated rings. The van der Waals surface area contributed by atoms with Gasteiger partial charge in [-0.2, -0.15) is 0 Å². The average Bonchev–Trinajstić information content (AvgIpc) is 2.44. The van der Waals surface area contributed by atoms with E-state index < -0.39 is 5.79 Å². The van der Waals surface area contributed by atoms with E-state index in [0.717, 1.165) is 5.56 Å². The second kappa shape index (κ2) is 5.27. The largest absolute Gasteiger partial charge is 0.493 e. The topological polar surface area (TPSA) is 46.2 Å². The zero-order valence-corrected chi connectivity index (χ0v) is 12.0. The van der Waals surface area contributed by atoms with E-state index in [2.05, 4.69) is 0 Å². The lowest BCUT2D eigenvalue weighted by Gasteiger charge is -2.38. The lowest BCUT2D eigenvalue weighted by molar-refractivity contribution is -0.184. The van der Waals surface area contributed by atoms with E-state index in [4.69, 9.17) is 23.7 Å². The van der Waals surface area contributed by atoms with Crippen LogP contribution in [0.3, 0.4) is 0 Å². The molecule has 5 nitrogen and oxygen atoms in total. The first kappa shape index (κ1) is 14.0. The van der Waals surface area contributed by atoms with Gasteiger partial charge in [0, 0.05) is 39.2 Å². The zero-order chi connectivity index (χ0) is 14.0. The van der Waals surface area contributed by atoms with Crippen LogP contribution in [0.25, 0.3) is 0 Å². The molecule has 19 heavy (non-hydrogen) atoms. The van der Waals surface area contributed by atoms with Crippen LogP contribution in [-0.2, 0) is 9.47 Å². The monoisotopic (exact) mass is 268 g/mol. The van der Waals surface area contributed by atoms with Crippen molar-refractivity contribution < 1.29 is 23.7 Å². The van der Waals surface area contributed by atoms with Gasteiger partial charge in [-0.05, 0) is 6.07 Å². The molecule has 0 N–H and O–H groups in total. The molecule has 0 saturated heterocycles. The molecule has 0 amide bonds. The Morgan fingerprint density at radius 3 is 2.26 bits per heavy atom. The molecule has 0 aliphatic carbocycles. The van der Waals surface area contributed by atoms with Crippen LogP contribution < -0.4 is 14.2 Å². The molecule has 0 bridgehead atoms. The Labute approximate surface area is 113 Å². The lowest BCUT2D eigenvalue weighted by Crippen LogP contribution is -2.40. The molecule has 106 valence electrons. The molecule has 0 unspecified atom stereocenters. The third-order valence-corrected chi connectivity index (χ3v) is 3.46. The van der Waals surface area contributed by atoms with E-state index >= 15 is 0 Å². The number of fused-ring (bicyclic) bond motifs is 1. The molecule has 1 heterocycles. The summed E-state index contributed by atoms with van der Waals surface area (Å²) in [6, 6.07) is 3.69. The number of benzene rings is 1. The highest BCUT2D eigenvalue weighted by Crippen LogP contribution is 2.46. The predicted octanol–water partition coefficient (Wildman–Crippen LogP) is 2.54. The molecular formula is C14H20O5. The Kier molecular flexibility index (Phi) is 3.87. The van der Waals surface area contributed by atoms with Crippen molar-refractivity contribution in [2.24, 2.45) is 0 Å². The number of ether oxygens (including phenoxy) is 5. The smallest absolute Gasteiger partial charge is 0.210 e. The van der Waals surface area contributed by atoms with Crippen LogP contribution in [0.4, 0.5) is 0 Å². The van der Waals surface area contributed by atoms with Crippen LogP contribution in [0.15, 0.2) is 12.1 Å². The highest BCUT2D eigenvalue weighted by Gasteiger charge is 2.38. The summed E-state index contributed by atoms with van der Waals surface area (Å²) in [4.78, 5) is 0. The fourth-order valence-corrected chi connectivity index (χ4v) is 2.27. The summed E-state index contributed by atoms with van der Waals surface area (Å²) in [5, 5.41) is 0. The first-order chi connectivity index (χ1) is 9.06. The fourth-order valence-electron chi connectivity index (χ4n) is 2.27. The van der Waals surface area contributed by atoms with E-state index in [0.29, 0.717) is 23.7 Å². The van der Waals surface area contributed by atoms with E-state index in [1.54, 1.807) is 34.5 Å². The SMILES string of the molecule is COc1cc2c(cc1OC)[C@@H](OC)C[C@](C)(OC)O2. The van der Waals surface area contributed by atoms with E-state index in [1.165, 1.54) is 0 Å². The highest BCUT2D eigenvalue weighted by atomic mass is 16.7. The molecule has 2 rings (SSSR count). The van der Waals surface area contributed by atoms with Crippen molar-refractivity contribution in [3.05, 3.63) is 17.7 Å². The molecule has 5 heteroatoms. The minimum Gasteiger partial charge on any atom is -0.493 e. The lowest BCUT2D eigenvalue weighted by atomic mass is 9.97. The second-order valence-corrected chi connectivity index (χ2v) is 4.61. The van der Waals surface area contributed by atoms with Crippen LogP contribution in [-0.4, -0.2) is 34.2 Å². The Morgan fingerprint density at radius 1 is 1.11 bits per heavy atom. The predicted molar refractivity (Wildman–Crippen MR) is 70.0 cm³/mol. The van der Waals surface area contributed by atoms with Gasteiger partial charge in [0.2, 0.25) is 5.79 Å². The van der Waals surface area contributed by atoms with Crippen molar-refractivity contribution >= 4 is 0 Å². The van der Waals surface area contributed by atoms with Gasteiger partial charge in [0.25, 0.3) is 0 Å². The van der Waals surface area contributed by atoms with E-state index in [1.807, 2.05) is 13.0 Å². The minimum absolute atomic E-state index is 0.103. The summed E-state index contributed by atoms with van der Waals surface area (Å²) in [7, 11) is 6.50. The molecule has 2 atom stereocenters. The zero-order valence-electron chi connectivity index (χ0n) is 12.0. The van der Waals surface area contributed by atoms with Gasteiger partial charge in [-0.3, -0.25) is 0 Å². The van der Waals surface area contributed by atoms with Crippen molar-refractivity contribution in [3.63, 3.8) is 0 Å². The van der Waals surface area contributed by atoms with Crippen LogP contribution in [0, 0.1) is 0 Å². The highest BCUT2D eigenvalue weighted by molar-refractivity contribution is 5.52. The summed E-state index contributed by atoms with van der Waals surface area (Å²) in [6.45, 7) is 1.89. The van der Waals surface area contributed by atoms with Gasteiger partial charge in [0.05, 0.1) is 20.3 Å². The van der Waals surface area contributed by atoms with E-state index in [9.17, 15) is 0 Å². The summed E-state index contributed by atoms with van der Waals surface area (Å²) < 4.78 is 27.5. The molecule has 0 spiro atoms. The first-order valence-electron chi connectivity index (χ1n) is 6.09. The van der Waals surface area contributed by atoms with Crippen molar-refractivity contribution in [1.82, 2.24) is 0 Å². The second-order valence-electron chi connectivity index (χ2n) is 4.61. The average molecular weight is 268 g/mol. The third kappa shape index (κ3) is 2.48. The van der Waals surface area contributed by atoms with Crippen LogP contribution >= 0.6 is 0 Å². The third-order valence-electron chi connectivity index (χ3n) is 3.46. The van der Waals surface area contributed by atoms with Crippen molar-refractivity contribution in [2.45, 2.75) is 25.2 Å². The molecule has 0 radical (unpaired) electrons. The Hall–Kier alpha value is -1.46. The summed E-state index contributed by atoms with van der Waals surface area (Å²) in [5.74, 6) is 1.28. The Balaban J connectivity index is 2.49. The Bertz CT molecular complexity index is 459. The molecule has 1 aliphatic heterocycles. The van der Waals surface area contributed by atoms with Crippen molar-refractivity contribution in [3.8, 4) is 17.2 Å². The maximum Gasteiger partial charge on any atom is 0.210 e. The van der Waals surface area contributed by atoms with Crippen molar-refractivity contribution in [1.29, 1.82) is 0 Å². The molecule has 0 aromatic heterocycles. The van der Waals surface area contributed by atoms with Gasteiger partial charge in [0.15, 0.2) is 11.5 Å². The van der Waals surface area contributed by atoms with Gasteiger partial charge in [-0.1, -0.05) is 0 Å². The number of methoxy groups -OCH3 is 4. The van der Waals surface area contributed by atoms with E-state index in [-0.39, 0.29) is 6.10 Å². The molecule has 1 aromatic carbocycles. The van der Waals surface area contributed by atoms with Gasteiger partial charge in [0.1, 0.15) is 5.75 Å². The number of hydrogen-bond acceptors (Lipinski definition) is 5. The quantitative estimate of drug-likeness (QED) is 0.839. The summed E-state index contributed by atoms with van der Waals surface area (Å²) in [6.07, 6.45) is 0.510. The maximum absolute atomic E-state index is 5.90. The van der Waals surface area contributed by atoms with Gasteiger partial charge >= 0.3 is 0 Å². The number of hydrogen-bond donors (Lipinski definition) is 0. The molecule has 1 aromatic rings. The number of rotatable bonds is 4. The standard InChI is InChI=1S/C14H20O5/c1-14(18-5)8-13(17-4)9-6-11(15-2)12(16-3)7-10(9)19-14/h6-7,13H,8H2,1-5H3/t13-,14+/m0/s1. The maximum atomic E-state index is 5.90. The summed E-state index contributed by atoms with van der Waals surface area (Å²) in [5.41, 5.74) is 0.940. The molecular weight excluding hydrogens is 248 g/mol. The van der Waals surface area contributed by atoms with Crippen LogP contribution in [0.2, 0.25) is 0 Å². The van der Waals surface area contributed by atoms with Gasteiger partial charge in [-0.25, -0.2) is 0 Å². The minimum atomic E-state index is -0.701.